The quantitative estimate of drug-likeness (QED) is 0.550. The first-order valence-corrected chi connectivity index (χ1v) is 8.52. The molecule has 5 atom stereocenters. The molecule has 1 amide bonds. The van der Waals surface area contributed by atoms with E-state index in [4.69, 9.17) is 22.7 Å². The Morgan fingerprint density at radius 3 is 2.71 bits per heavy atom. The zero-order valence-corrected chi connectivity index (χ0v) is 14.2. The molecule has 7 heteroatoms. The molecule has 1 saturated carbocycles. The molecule has 128 valence electrons. The normalized spacial score (nSPS) is 32.3. The van der Waals surface area contributed by atoms with E-state index in [0.717, 1.165) is 5.56 Å². The molecule has 6 nitrogen and oxygen atoms in total. The minimum Gasteiger partial charge on any atom is -0.466 e. The van der Waals surface area contributed by atoms with Gasteiger partial charge >= 0.3 is 5.97 Å². The van der Waals surface area contributed by atoms with Crippen LogP contribution < -0.4 is 16.4 Å². The smallest absolute Gasteiger partial charge is 0.311 e. The predicted molar refractivity (Wildman–Crippen MR) is 93.1 cm³/mol. The lowest BCUT2D eigenvalue weighted by Gasteiger charge is -2.47. The summed E-state index contributed by atoms with van der Waals surface area (Å²) in [6.07, 6.45) is 0.491. The molecule has 1 heterocycles. The van der Waals surface area contributed by atoms with Crippen molar-refractivity contribution in [3.63, 3.8) is 0 Å². The van der Waals surface area contributed by atoms with E-state index in [2.05, 4.69) is 10.6 Å². The lowest BCUT2D eigenvalue weighted by molar-refractivity contribution is -0.152. The maximum atomic E-state index is 12.6. The van der Waals surface area contributed by atoms with Gasteiger partial charge in [0.1, 0.15) is 0 Å². The van der Waals surface area contributed by atoms with Gasteiger partial charge in [0.05, 0.1) is 18.4 Å². The Kier molecular flexibility index (Phi) is 4.82. The SMILES string of the molecule is CCOC(=O)C1C(N)CC2NC(=S)NC(=O)C2C1c1ccccc1. The fraction of sp³-hybridized carbons (Fsp3) is 0.471. The molecule has 0 bridgehead atoms. The Bertz CT molecular complexity index is 652. The molecule has 0 spiro atoms. The molecule has 5 unspecified atom stereocenters. The van der Waals surface area contributed by atoms with Gasteiger partial charge in [-0.2, -0.15) is 0 Å². The number of nitrogens with one attached hydrogen (secondary N) is 2. The molecule has 24 heavy (non-hydrogen) atoms. The van der Waals surface area contributed by atoms with Crippen LogP contribution in [-0.2, 0) is 14.3 Å². The summed E-state index contributed by atoms with van der Waals surface area (Å²) in [4.78, 5) is 25.2. The van der Waals surface area contributed by atoms with E-state index >= 15 is 0 Å². The number of amides is 1. The first-order chi connectivity index (χ1) is 11.5. The van der Waals surface area contributed by atoms with Crippen molar-refractivity contribution in [2.24, 2.45) is 17.6 Å². The van der Waals surface area contributed by atoms with Crippen LogP contribution in [0.4, 0.5) is 0 Å². The summed E-state index contributed by atoms with van der Waals surface area (Å²) in [5.41, 5.74) is 7.23. The number of thiocarbonyl (C=S) groups is 1. The third-order valence-electron chi connectivity index (χ3n) is 4.79. The molecule has 1 aromatic carbocycles. The van der Waals surface area contributed by atoms with Crippen molar-refractivity contribution in [3.8, 4) is 0 Å². The summed E-state index contributed by atoms with van der Waals surface area (Å²) in [5.74, 6) is -1.85. The van der Waals surface area contributed by atoms with E-state index in [0.29, 0.717) is 11.5 Å². The fourth-order valence-electron chi connectivity index (χ4n) is 3.87. The van der Waals surface area contributed by atoms with Crippen molar-refractivity contribution in [2.75, 3.05) is 6.61 Å². The Hall–Kier alpha value is -1.99. The van der Waals surface area contributed by atoms with Crippen LogP contribution in [0.25, 0.3) is 0 Å². The van der Waals surface area contributed by atoms with Crippen molar-refractivity contribution in [2.45, 2.75) is 31.3 Å². The van der Waals surface area contributed by atoms with Gasteiger partial charge in [-0.05, 0) is 31.1 Å². The third-order valence-corrected chi connectivity index (χ3v) is 5.01. The van der Waals surface area contributed by atoms with Crippen LogP contribution in [-0.4, -0.2) is 35.7 Å². The number of benzene rings is 1. The first-order valence-electron chi connectivity index (χ1n) is 8.11. The number of rotatable bonds is 3. The second kappa shape index (κ2) is 6.86. The van der Waals surface area contributed by atoms with E-state index < -0.39 is 17.9 Å². The average molecular weight is 347 g/mol. The van der Waals surface area contributed by atoms with E-state index in [-0.39, 0.29) is 30.4 Å². The van der Waals surface area contributed by atoms with Crippen molar-refractivity contribution < 1.29 is 14.3 Å². The molecule has 3 rings (SSSR count). The van der Waals surface area contributed by atoms with Gasteiger partial charge in [-0.25, -0.2) is 0 Å². The topological polar surface area (TPSA) is 93.4 Å². The van der Waals surface area contributed by atoms with Crippen LogP contribution in [0.1, 0.15) is 24.8 Å². The van der Waals surface area contributed by atoms with Crippen molar-refractivity contribution in [3.05, 3.63) is 35.9 Å². The van der Waals surface area contributed by atoms with E-state index in [9.17, 15) is 9.59 Å². The van der Waals surface area contributed by atoms with Crippen LogP contribution in [0.15, 0.2) is 30.3 Å². The Labute approximate surface area is 146 Å². The lowest BCUT2D eigenvalue weighted by Crippen LogP contribution is -2.65. The number of carbonyl (C=O) groups is 2. The molecule has 2 fully saturated rings. The number of nitrogens with two attached hydrogens (primary N) is 1. The largest absolute Gasteiger partial charge is 0.466 e. The van der Waals surface area contributed by atoms with Gasteiger partial charge in [-0.3, -0.25) is 9.59 Å². The zero-order valence-electron chi connectivity index (χ0n) is 13.4. The van der Waals surface area contributed by atoms with Crippen molar-refractivity contribution in [1.29, 1.82) is 0 Å². The van der Waals surface area contributed by atoms with Gasteiger partial charge in [-0.1, -0.05) is 30.3 Å². The lowest BCUT2D eigenvalue weighted by atomic mass is 9.63. The maximum Gasteiger partial charge on any atom is 0.311 e. The first kappa shape index (κ1) is 16.9. The standard InChI is InChI=1S/C17H21N3O3S/c1-2-23-16(22)13-10(18)8-11-14(15(21)20-17(24)19-11)12(13)9-6-4-3-5-7-9/h3-7,10-14H,2,8,18H2,1H3,(H2,19,20,21,24). The number of fused-ring (bicyclic) bond motifs is 1. The van der Waals surface area contributed by atoms with E-state index in [1.165, 1.54) is 0 Å². The fourth-order valence-corrected chi connectivity index (χ4v) is 4.12. The Balaban J connectivity index is 2.04. The highest BCUT2D eigenvalue weighted by Crippen LogP contribution is 2.43. The highest BCUT2D eigenvalue weighted by atomic mass is 32.1. The summed E-state index contributed by atoms with van der Waals surface area (Å²) in [7, 11) is 0. The molecule has 2 aliphatic rings. The second-order valence-electron chi connectivity index (χ2n) is 6.21. The van der Waals surface area contributed by atoms with Crippen LogP contribution in [0.2, 0.25) is 0 Å². The predicted octanol–water partition coefficient (Wildman–Crippen LogP) is 0.670. The van der Waals surface area contributed by atoms with Gasteiger partial charge in [0.25, 0.3) is 0 Å². The molecule has 0 radical (unpaired) electrons. The molecule has 0 aromatic heterocycles. The molecular weight excluding hydrogens is 326 g/mol. The molecule has 4 N–H and O–H groups in total. The summed E-state index contributed by atoms with van der Waals surface area (Å²) in [6.45, 7) is 2.05. The summed E-state index contributed by atoms with van der Waals surface area (Å²) >= 11 is 5.09. The van der Waals surface area contributed by atoms with Crippen LogP contribution >= 0.6 is 12.2 Å². The van der Waals surface area contributed by atoms with Crippen molar-refractivity contribution in [1.82, 2.24) is 10.6 Å². The maximum absolute atomic E-state index is 12.6. The van der Waals surface area contributed by atoms with E-state index in [1.54, 1.807) is 6.92 Å². The number of carbonyl (C=O) groups excluding carboxylic acids is 2. The second-order valence-corrected chi connectivity index (χ2v) is 6.62. The Morgan fingerprint density at radius 2 is 2.04 bits per heavy atom. The summed E-state index contributed by atoms with van der Waals surface area (Å²) in [6, 6.07) is 8.95. The number of hydrogen-bond donors (Lipinski definition) is 3. The van der Waals surface area contributed by atoms with Gasteiger partial charge in [0, 0.05) is 18.0 Å². The summed E-state index contributed by atoms with van der Waals surface area (Å²) < 4.78 is 5.24. The van der Waals surface area contributed by atoms with Gasteiger partial charge in [0.15, 0.2) is 5.11 Å². The highest BCUT2D eigenvalue weighted by molar-refractivity contribution is 7.80. The zero-order chi connectivity index (χ0) is 17.3. The van der Waals surface area contributed by atoms with Gasteiger partial charge < -0.3 is 21.1 Å². The Morgan fingerprint density at radius 1 is 1.33 bits per heavy atom. The van der Waals surface area contributed by atoms with Gasteiger partial charge in [0.2, 0.25) is 5.91 Å². The molecule has 1 aromatic rings. The summed E-state index contributed by atoms with van der Waals surface area (Å²) in [5, 5.41) is 6.13. The molecular formula is C17H21N3O3S. The average Bonchev–Trinajstić information content (AvgIpc) is 2.54. The molecule has 1 aliphatic heterocycles. The van der Waals surface area contributed by atoms with Gasteiger partial charge in [-0.15, -0.1) is 0 Å². The minimum atomic E-state index is -0.562. The minimum absolute atomic E-state index is 0.168. The number of esters is 1. The third kappa shape index (κ3) is 3.01. The molecule has 1 aliphatic carbocycles. The van der Waals surface area contributed by atoms with E-state index in [1.807, 2.05) is 30.3 Å². The number of hydrogen-bond acceptors (Lipinski definition) is 5. The molecule has 1 saturated heterocycles. The highest BCUT2D eigenvalue weighted by Gasteiger charge is 2.52. The van der Waals surface area contributed by atoms with Crippen LogP contribution in [0, 0.1) is 11.8 Å². The van der Waals surface area contributed by atoms with Crippen LogP contribution in [0.3, 0.4) is 0 Å². The van der Waals surface area contributed by atoms with Crippen LogP contribution in [0.5, 0.6) is 0 Å². The number of ether oxygens (including phenoxy) is 1. The monoisotopic (exact) mass is 347 g/mol. The van der Waals surface area contributed by atoms with Crippen molar-refractivity contribution >= 4 is 29.2 Å².